The summed E-state index contributed by atoms with van der Waals surface area (Å²) in [5, 5.41) is 3.25. The highest BCUT2D eigenvalue weighted by Gasteiger charge is 2.29. The highest BCUT2D eigenvalue weighted by molar-refractivity contribution is 9.10. The van der Waals surface area contributed by atoms with Crippen LogP contribution in [0.25, 0.3) is 0 Å². The van der Waals surface area contributed by atoms with E-state index in [4.69, 9.17) is 0 Å². The molecule has 0 spiro atoms. The van der Waals surface area contributed by atoms with E-state index in [0.29, 0.717) is 24.5 Å². The highest BCUT2D eigenvalue weighted by Crippen LogP contribution is 2.24. The Labute approximate surface area is 117 Å². The maximum absolute atomic E-state index is 12.6. The molecule has 1 aliphatic rings. The molecule has 6 heteroatoms. The monoisotopic (exact) mass is 332 g/mol. The molecule has 0 unspecified atom stereocenters. The van der Waals surface area contributed by atoms with Gasteiger partial charge in [-0.3, -0.25) is 0 Å². The quantitative estimate of drug-likeness (QED) is 0.897. The summed E-state index contributed by atoms with van der Waals surface area (Å²) in [5.74, 6) is 0. The van der Waals surface area contributed by atoms with E-state index in [1.165, 1.54) is 0 Å². The Morgan fingerprint density at radius 1 is 1.44 bits per heavy atom. The molecule has 0 saturated carbocycles. The highest BCUT2D eigenvalue weighted by atomic mass is 79.9. The standard InChI is InChI=1S/C12H17BrN2O2S/c1-9-3-4-11(13)7-12(9)18(16,17)15-6-5-14-10(2)8-15/h3-4,7,10,14H,5-6,8H2,1-2H3/t10-/m1/s1. The number of aryl methyl sites for hydroxylation is 1. The number of sulfonamides is 1. The van der Waals surface area contributed by atoms with Crippen LogP contribution in [0.3, 0.4) is 0 Å². The molecule has 0 bridgehead atoms. The van der Waals surface area contributed by atoms with E-state index in [1.54, 1.807) is 10.4 Å². The van der Waals surface area contributed by atoms with Gasteiger partial charge in [0.15, 0.2) is 0 Å². The molecule has 0 radical (unpaired) electrons. The van der Waals surface area contributed by atoms with Crippen molar-refractivity contribution in [2.24, 2.45) is 0 Å². The lowest BCUT2D eigenvalue weighted by molar-refractivity contribution is 0.310. The average Bonchev–Trinajstić information content (AvgIpc) is 2.32. The number of benzene rings is 1. The van der Waals surface area contributed by atoms with Gasteiger partial charge in [0, 0.05) is 30.1 Å². The third kappa shape index (κ3) is 2.77. The first-order valence-corrected chi connectivity index (χ1v) is 8.14. The van der Waals surface area contributed by atoms with Gasteiger partial charge in [-0.05, 0) is 31.5 Å². The third-order valence-corrected chi connectivity index (χ3v) is 5.60. The average molecular weight is 333 g/mol. The first-order valence-electron chi connectivity index (χ1n) is 5.91. The second kappa shape index (κ2) is 5.28. The Balaban J connectivity index is 2.38. The fraction of sp³-hybridized carbons (Fsp3) is 0.500. The van der Waals surface area contributed by atoms with Crippen molar-refractivity contribution in [2.45, 2.75) is 24.8 Å². The van der Waals surface area contributed by atoms with Gasteiger partial charge in [0.1, 0.15) is 0 Å². The van der Waals surface area contributed by atoms with Gasteiger partial charge in [0.05, 0.1) is 4.90 Å². The van der Waals surface area contributed by atoms with E-state index in [2.05, 4.69) is 21.2 Å². The molecule has 1 aromatic rings. The molecule has 1 saturated heterocycles. The molecule has 1 atom stereocenters. The maximum atomic E-state index is 12.6. The lowest BCUT2D eigenvalue weighted by atomic mass is 10.2. The van der Waals surface area contributed by atoms with E-state index in [1.807, 2.05) is 26.0 Å². The van der Waals surface area contributed by atoms with Gasteiger partial charge in [-0.25, -0.2) is 8.42 Å². The maximum Gasteiger partial charge on any atom is 0.243 e. The van der Waals surface area contributed by atoms with E-state index < -0.39 is 10.0 Å². The number of piperazine rings is 1. The Bertz CT molecular complexity index is 545. The molecule has 1 fully saturated rings. The molecule has 1 heterocycles. The molecule has 2 rings (SSSR count). The summed E-state index contributed by atoms with van der Waals surface area (Å²) in [6.07, 6.45) is 0. The van der Waals surface area contributed by atoms with Crippen molar-refractivity contribution in [1.29, 1.82) is 0 Å². The van der Waals surface area contributed by atoms with Crippen LogP contribution in [-0.4, -0.2) is 38.4 Å². The van der Waals surface area contributed by atoms with Crippen molar-refractivity contribution >= 4 is 26.0 Å². The van der Waals surface area contributed by atoms with Gasteiger partial charge < -0.3 is 5.32 Å². The van der Waals surface area contributed by atoms with Crippen LogP contribution in [0.1, 0.15) is 12.5 Å². The Kier molecular flexibility index (Phi) is 4.11. The number of nitrogens with one attached hydrogen (secondary N) is 1. The second-order valence-corrected chi connectivity index (χ2v) is 7.45. The van der Waals surface area contributed by atoms with Crippen LogP contribution in [0, 0.1) is 6.92 Å². The summed E-state index contributed by atoms with van der Waals surface area (Å²) in [6.45, 7) is 5.57. The zero-order valence-corrected chi connectivity index (χ0v) is 12.9. The largest absolute Gasteiger partial charge is 0.312 e. The zero-order chi connectivity index (χ0) is 13.3. The van der Waals surface area contributed by atoms with E-state index in [9.17, 15) is 8.42 Å². The fourth-order valence-corrected chi connectivity index (χ4v) is 4.40. The van der Waals surface area contributed by atoms with E-state index >= 15 is 0 Å². The fourth-order valence-electron chi connectivity index (χ4n) is 2.11. The van der Waals surface area contributed by atoms with Crippen molar-refractivity contribution in [2.75, 3.05) is 19.6 Å². The molecule has 1 aromatic carbocycles. The van der Waals surface area contributed by atoms with Crippen molar-refractivity contribution < 1.29 is 8.42 Å². The lowest BCUT2D eigenvalue weighted by Gasteiger charge is -2.31. The molecular weight excluding hydrogens is 316 g/mol. The molecule has 4 nitrogen and oxygen atoms in total. The molecule has 0 aliphatic carbocycles. The van der Waals surface area contributed by atoms with Gasteiger partial charge in [0.25, 0.3) is 0 Å². The number of halogens is 1. The molecule has 100 valence electrons. The molecular formula is C12H17BrN2O2S. The first-order chi connectivity index (χ1) is 8.41. The SMILES string of the molecule is Cc1ccc(Br)cc1S(=O)(=O)N1CCN[C@H](C)C1. The second-order valence-electron chi connectivity index (χ2n) is 4.63. The molecule has 0 aromatic heterocycles. The molecule has 1 N–H and O–H groups in total. The van der Waals surface area contributed by atoms with Gasteiger partial charge in [-0.1, -0.05) is 22.0 Å². The van der Waals surface area contributed by atoms with E-state index in [0.717, 1.165) is 10.0 Å². The van der Waals surface area contributed by atoms with Crippen molar-refractivity contribution in [3.63, 3.8) is 0 Å². The Morgan fingerprint density at radius 2 is 2.17 bits per heavy atom. The van der Waals surface area contributed by atoms with Crippen molar-refractivity contribution in [3.8, 4) is 0 Å². The minimum Gasteiger partial charge on any atom is -0.312 e. The zero-order valence-electron chi connectivity index (χ0n) is 10.5. The predicted molar refractivity (Wildman–Crippen MR) is 75.1 cm³/mol. The topological polar surface area (TPSA) is 49.4 Å². The number of hydrogen-bond donors (Lipinski definition) is 1. The Hall–Kier alpha value is -0.430. The van der Waals surface area contributed by atoms with Gasteiger partial charge in [-0.15, -0.1) is 0 Å². The first kappa shape index (κ1) is 14.0. The normalized spacial score (nSPS) is 22.1. The van der Waals surface area contributed by atoms with Gasteiger partial charge in [0.2, 0.25) is 10.0 Å². The number of rotatable bonds is 2. The Morgan fingerprint density at radius 3 is 2.83 bits per heavy atom. The third-order valence-electron chi connectivity index (χ3n) is 3.10. The van der Waals surface area contributed by atoms with Crippen LogP contribution in [-0.2, 0) is 10.0 Å². The minimum absolute atomic E-state index is 0.195. The predicted octanol–water partition coefficient (Wildman–Crippen LogP) is 1.74. The number of hydrogen-bond acceptors (Lipinski definition) is 3. The van der Waals surface area contributed by atoms with Crippen LogP contribution in [0.5, 0.6) is 0 Å². The van der Waals surface area contributed by atoms with Crippen molar-refractivity contribution in [1.82, 2.24) is 9.62 Å². The molecule has 0 amide bonds. The van der Waals surface area contributed by atoms with Gasteiger partial charge >= 0.3 is 0 Å². The van der Waals surface area contributed by atoms with Crippen LogP contribution >= 0.6 is 15.9 Å². The van der Waals surface area contributed by atoms with Gasteiger partial charge in [-0.2, -0.15) is 4.31 Å². The number of nitrogens with zero attached hydrogens (tertiary/aromatic N) is 1. The smallest absolute Gasteiger partial charge is 0.243 e. The molecule has 1 aliphatic heterocycles. The van der Waals surface area contributed by atoms with Crippen LogP contribution in [0.2, 0.25) is 0 Å². The summed E-state index contributed by atoms with van der Waals surface area (Å²) >= 11 is 3.33. The summed E-state index contributed by atoms with van der Waals surface area (Å²) in [7, 11) is -3.38. The van der Waals surface area contributed by atoms with E-state index in [-0.39, 0.29) is 6.04 Å². The minimum atomic E-state index is -3.38. The molecule has 18 heavy (non-hydrogen) atoms. The van der Waals surface area contributed by atoms with Crippen LogP contribution in [0.4, 0.5) is 0 Å². The van der Waals surface area contributed by atoms with Crippen LogP contribution < -0.4 is 5.32 Å². The van der Waals surface area contributed by atoms with Crippen LogP contribution in [0.15, 0.2) is 27.6 Å². The summed E-state index contributed by atoms with van der Waals surface area (Å²) in [5.41, 5.74) is 0.782. The van der Waals surface area contributed by atoms with Crippen molar-refractivity contribution in [3.05, 3.63) is 28.2 Å². The summed E-state index contributed by atoms with van der Waals surface area (Å²) in [6, 6.07) is 5.55. The summed E-state index contributed by atoms with van der Waals surface area (Å²) < 4.78 is 27.5. The lowest BCUT2D eigenvalue weighted by Crippen LogP contribution is -2.51. The summed E-state index contributed by atoms with van der Waals surface area (Å²) in [4.78, 5) is 0.394.